The summed E-state index contributed by atoms with van der Waals surface area (Å²) in [4.78, 5) is 24.7. The molecule has 0 bridgehead atoms. The van der Waals surface area contributed by atoms with Crippen LogP contribution in [-0.4, -0.2) is 26.1 Å². The molecule has 27 heavy (non-hydrogen) atoms. The number of imidazole rings is 1. The maximum atomic E-state index is 12.8. The number of nitrogens with zero attached hydrogens (tertiary/aromatic N) is 4. The van der Waals surface area contributed by atoms with Gasteiger partial charge in [0.1, 0.15) is 11.6 Å². The molecule has 0 saturated heterocycles. The predicted octanol–water partition coefficient (Wildman–Crippen LogP) is 2.75. The second-order valence-electron chi connectivity index (χ2n) is 6.45. The minimum absolute atomic E-state index is 0.110. The Morgan fingerprint density at radius 1 is 1.22 bits per heavy atom. The van der Waals surface area contributed by atoms with Crippen molar-refractivity contribution in [1.29, 1.82) is 0 Å². The van der Waals surface area contributed by atoms with E-state index in [4.69, 9.17) is 0 Å². The van der Waals surface area contributed by atoms with E-state index in [2.05, 4.69) is 15.0 Å². The van der Waals surface area contributed by atoms with Gasteiger partial charge in [0, 0.05) is 43.3 Å². The molecule has 0 unspecified atom stereocenters. The number of aromatic nitrogens is 4. The van der Waals surface area contributed by atoms with Crippen molar-refractivity contribution in [2.75, 3.05) is 11.4 Å². The standard InChI is InChI=1S/C18H16F3N5O/c1-25-10-14(18(19,20)21)24-16(25)12-2-3-15(23-8-12)26-7-5-11-4-6-22-17(27)13(11)9-26/h2-4,6,8,10H,5,7,9H2,1H3,(H,22,27). The van der Waals surface area contributed by atoms with Gasteiger partial charge in [-0.05, 0) is 30.2 Å². The fourth-order valence-corrected chi connectivity index (χ4v) is 3.26. The van der Waals surface area contributed by atoms with Gasteiger partial charge in [-0.2, -0.15) is 13.2 Å². The molecule has 1 N–H and O–H groups in total. The molecule has 0 radical (unpaired) electrons. The molecule has 6 nitrogen and oxygen atoms in total. The van der Waals surface area contributed by atoms with Crippen molar-refractivity contribution in [3.05, 3.63) is 64.0 Å². The van der Waals surface area contributed by atoms with Crippen molar-refractivity contribution in [2.45, 2.75) is 19.1 Å². The van der Waals surface area contributed by atoms with E-state index in [1.165, 1.54) is 17.8 Å². The Kier molecular flexibility index (Phi) is 4.01. The number of rotatable bonds is 2. The molecule has 0 amide bonds. The van der Waals surface area contributed by atoms with Gasteiger partial charge >= 0.3 is 6.18 Å². The second-order valence-corrected chi connectivity index (χ2v) is 6.45. The summed E-state index contributed by atoms with van der Waals surface area (Å²) in [5.74, 6) is 0.861. The van der Waals surface area contributed by atoms with E-state index < -0.39 is 11.9 Å². The number of fused-ring (bicyclic) bond motifs is 1. The molecular weight excluding hydrogens is 359 g/mol. The van der Waals surface area contributed by atoms with Crippen LogP contribution in [0.2, 0.25) is 0 Å². The van der Waals surface area contributed by atoms with Crippen LogP contribution >= 0.6 is 0 Å². The van der Waals surface area contributed by atoms with Crippen molar-refractivity contribution in [2.24, 2.45) is 7.05 Å². The lowest BCUT2D eigenvalue weighted by atomic mass is 10.0. The smallest absolute Gasteiger partial charge is 0.352 e. The molecule has 140 valence electrons. The minimum Gasteiger partial charge on any atom is -0.352 e. The zero-order valence-electron chi connectivity index (χ0n) is 14.4. The highest BCUT2D eigenvalue weighted by Crippen LogP contribution is 2.31. The number of halogens is 3. The molecule has 0 saturated carbocycles. The number of anilines is 1. The van der Waals surface area contributed by atoms with Gasteiger partial charge in [0.05, 0.1) is 6.54 Å². The van der Waals surface area contributed by atoms with Crippen LogP contribution in [0.1, 0.15) is 16.8 Å². The average Bonchev–Trinajstić information content (AvgIpc) is 3.04. The highest BCUT2D eigenvalue weighted by atomic mass is 19.4. The minimum atomic E-state index is -4.49. The second kappa shape index (κ2) is 6.26. The van der Waals surface area contributed by atoms with Crippen LogP contribution < -0.4 is 10.5 Å². The molecule has 1 aliphatic heterocycles. The zero-order chi connectivity index (χ0) is 19.2. The van der Waals surface area contributed by atoms with Crippen molar-refractivity contribution in [1.82, 2.24) is 19.5 Å². The Morgan fingerprint density at radius 2 is 2.04 bits per heavy atom. The lowest BCUT2D eigenvalue weighted by Crippen LogP contribution is -2.35. The number of aryl methyl sites for hydroxylation is 1. The number of hydrogen-bond donors (Lipinski definition) is 1. The van der Waals surface area contributed by atoms with Gasteiger partial charge in [-0.1, -0.05) is 0 Å². The van der Waals surface area contributed by atoms with Crippen LogP contribution in [0.4, 0.5) is 19.0 Å². The van der Waals surface area contributed by atoms with E-state index in [0.29, 0.717) is 30.0 Å². The molecule has 0 fully saturated rings. The summed E-state index contributed by atoms with van der Waals surface area (Å²) < 4.78 is 39.8. The number of alkyl halides is 3. The molecule has 3 aromatic heterocycles. The zero-order valence-corrected chi connectivity index (χ0v) is 14.4. The summed E-state index contributed by atoms with van der Waals surface area (Å²) in [5.41, 5.74) is 1.19. The molecule has 9 heteroatoms. The van der Waals surface area contributed by atoms with E-state index in [0.717, 1.165) is 18.2 Å². The first kappa shape index (κ1) is 17.3. The fraction of sp³-hybridized carbons (Fsp3) is 0.278. The molecule has 3 aromatic rings. The molecule has 0 aliphatic carbocycles. The lowest BCUT2D eigenvalue weighted by molar-refractivity contribution is -0.140. The van der Waals surface area contributed by atoms with E-state index in [1.807, 2.05) is 11.0 Å². The van der Waals surface area contributed by atoms with E-state index in [9.17, 15) is 18.0 Å². The molecule has 1 aliphatic rings. The van der Waals surface area contributed by atoms with Crippen molar-refractivity contribution in [3.63, 3.8) is 0 Å². The van der Waals surface area contributed by atoms with Crippen LogP contribution in [0.25, 0.3) is 11.4 Å². The molecule has 4 heterocycles. The fourth-order valence-electron chi connectivity index (χ4n) is 3.26. The Hall–Kier alpha value is -3.10. The number of pyridine rings is 2. The van der Waals surface area contributed by atoms with Crippen molar-refractivity contribution < 1.29 is 13.2 Å². The number of nitrogens with one attached hydrogen (secondary N) is 1. The van der Waals surface area contributed by atoms with E-state index in [-0.39, 0.29) is 11.4 Å². The Balaban J connectivity index is 1.60. The van der Waals surface area contributed by atoms with Crippen LogP contribution in [0.15, 0.2) is 41.6 Å². The predicted molar refractivity (Wildman–Crippen MR) is 93.3 cm³/mol. The van der Waals surface area contributed by atoms with Gasteiger partial charge < -0.3 is 14.5 Å². The Labute approximate surface area is 152 Å². The van der Waals surface area contributed by atoms with Crippen LogP contribution in [0.5, 0.6) is 0 Å². The summed E-state index contributed by atoms with van der Waals surface area (Å²) in [5, 5.41) is 0. The van der Waals surface area contributed by atoms with Crippen molar-refractivity contribution >= 4 is 5.82 Å². The van der Waals surface area contributed by atoms with Crippen LogP contribution in [0.3, 0.4) is 0 Å². The number of aromatic amines is 1. The van der Waals surface area contributed by atoms with Gasteiger partial charge in [0.15, 0.2) is 5.69 Å². The maximum Gasteiger partial charge on any atom is 0.434 e. The molecule has 0 spiro atoms. The highest BCUT2D eigenvalue weighted by Gasteiger charge is 2.34. The van der Waals surface area contributed by atoms with Crippen molar-refractivity contribution in [3.8, 4) is 11.4 Å². The molecular formula is C18H16F3N5O. The third-order valence-electron chi connectivity index (χ3n) is 4.66. The summed E-state index contributed by atoms with van der Waals surface area (Å²) in [7, 11) is 1.51. The molecule has 0 atom stereocenters. The first-order valence-electron chi connectivity index (χ1n) is 8.34. The van der Waals surface area contributed by atoms with Crippen LogP contribution in [-0.2, 0) is 26.2 Å². The van der Waals surface area contributed by atoms with E-state index in [1.54, 1.807) is 18.3 Å². The van der Waals surface area contributed by atoms with Gasteiger partial charge in [0.25, 0.3) is 5.56 Å². The quantitative estimate of drug-likeness (QED) is 0.748. The lowest BCUT2D eigenvalue weighted by Gasteiger charge is -2.29. The number of H-pyrrole nitrogens is 1. The average molecular weight is 375 g/mol. The molecule has 0 aromatic carbocycles. The first-order valence-corrected chi connectivity index (χ1v) is 8.34. The van der Waals surface area contributed by atoms with Gasteiger partial charge in [-0.15, -0.1) is 0 Å². The topological polar surface area (TPSA) is 66.8 Å². The summed E-state index contributed by atoms with van der Waals surface area (Å²) in [6.45, 7) is 1.15. The van der Waals surface area contributed by atoms with Gasteiger partial charge in [-0.3, -0.25) is 4.79 Å². The van der Waals surface area contributed by atoms with E-state index >= 15 is 0 Å². The highest BCUT2D eigenvalue weighted by molar-refractivity contribution is 5.58. The van der Waals surface area contributed by atoms with Gasteiger partial charge in [-0.25, -0.2) is 9.97 Å². The van der Waals surface area contributed by atoms with Gasteiger partial charge in [0.2, 0.25) is 0 Å². The summed E-state index contributed by atoms with van der Waals surface area (Å²) in [6.07, 6.45) is 0.347. The molecule has 4 rings (SSSR count). The largest absolute Gasteiger partial charge is 0.434 e. The maximum absolute atomic E-state index is 12.8. The first-order chi connectivity index (χ1) is 12.8. The summed E-state index contributed by atoms with van der Waals surface area (Å²) in [6, 6.07) is 5.33. The normalized spacial score (nSPS) is 14.3. The third kappa shape index (κ3) is 3.20. The summed E-state index contributed by atoms with van der Waals surface area (Å²) >= 11 is 0. The SMILES string of the molecule is Cn1cc(C(F)(F)F)nc1-c1ccc(N2CCc3cc[nH]c(=O)c3C2)nc1. The van der Waals surface area contributed by atoms with Crippen LogP contribution in [0, 0.1) is 0 Å². The Bertz CT molecular complexity index is 1040. The monoisotopic (exact) mass is 375 g/mol. The Morgan fingerprint density at radius 3 is 2.70 bits per heavy atom. The third-order valence-corrected chi connectivity index (χ3v) is 4.66. The number of hydrogen-bond acceptors (Lipinski definition) is 4.